The normalized spacial score (nSPS) is 23.8. The summed E-state index contributed by atoms with van der Waals surface area (Å²) in [5, 5.41) is 0. The molecular weight excluding hydrogens is 152 g/mol. The summed E-state index contributed by atoms with van der Waals surface area (Å²) >= 11 is 0. The minimum absolute atomic E-state index is 0.732. The summed E-state index contributed by atoms with van der Waals surface area (Å²) in [5.41, 5.74) is 1.45. The molecule has 0 spiro atoms. The van der Waals surface area contributed by atoms with Crippen molar-refractivity contribution in [3.8, 4) is 0 Å². The van der Waals surface area contributed by atoms with Crippen LogP contribution in [0.15, 0.2) is 11.6 Å². The van der Waals surface area contributed by atoms with Crippen LogP contribution < -0.4 is 0 Å². The average Bonchev–Trinajstić information content (AvgIpc) is 2.09. The van der Waals surface area contributed by atoms with Gasteiger partial charge < -0.3 is 9.47 Å². The molecule has 70 valence electrons. The first kappa shape index (κ1) is 9.75. The van der Waals surface area contributed by atoms with Crippen LogP contribution >= 0.6 is 0 Å². The Kier molecular flexibility index (Phi) is 4.33. The van der Waals surface area contributed by atoms with Crippen molar-refractivity contribution >= 4 is 0 Å². The monoisotopic (exact) mass is 170 g/mol. The Bertz CT molecular complexity index is 152. The number of rotatable bonds is 4. The van der Waals surface area contributed by atoms with Gasteiger partial charge in [0.15, 0.2) is 0 Å². The lowest BCUT2D eigenvalue weighted by atomic mass is 9.90. The molecule has 1 rings (SSSR count). The second kappa shape index (κ2) is 5.33. The molecule has 1 aliphatic carbocycles. The molecule has 1 aliphatic rings. The van der Waals surface area contributed by atoms with Gasteiger partial charge in [-0.05, 0) is 30.8 Å². The quantitative estimate of drug-likeness (QED) is 0.601. The zero-order valence-electron chi connectivity index (χ0n) is 8.01. The lowest BCUT2D eigenvalue weighted by Crippen LogP contribution is -2.13. The molecule has 1 atom stereocenters. The minimum Gasteiger partial charge on any atom is -0.384 e. The molecule has 0 N–H and O–H groups in total. The van der Waals surface area contributed by atoms with E-state index in [9.17, 15) is 0 Å². The number of methoxy groups -OCH3 is 2. The van der Waals surface area contributed by atoms with Crippen LogP contribution in [0, 0.1) is 5.92 Å². The van der Waals surface area contributed by atoms with Gasteiger partial charge in [-0.15, -0.1) is 0 Å². The molecule has 2 nitrogen and oxygen atoms in total. The van der Waals surface area contributed by atoms with Crippen molar-refractivity contribution in [1.29, 1.82) is 0 Å². The molecule has 0 heterocycles. The van der Waals surface area contributed by atoms with Gasteiger partial charge >= 0.3 is 0 Å². The molecular formula is C10H18O2. The zero-order valence-corrected chi connectivity index (χ0v) is 8.01. The van der Waals surface area contributed by atoms with E-state index in [2.05, 4.69) is 6.08 Å². The van der Waals surface area contributed by atoms with Crippen LogP contribution in [0.4, 0.5) is 0 Å². The van der Waals surface area contributed by atoms with E-state index in [0.717, 1.165) is 25.6 Å². The first-order valence-corrected chi connectivity index (χ1v) is 4.52. The highest BCUT2D eigenvalue weighted by Crippen LogP contribution is 2.23. The number of hydrogen-bond acceptors (Lipinski definition) is 2. The summed E-state index contributed by atoms with van der Waals surface area (Å²) in [7, 11) is 3.52. The van der Waals surface area contributed by atoms with Gasteiger partial charge in [0.05, 0.1) is 6.61 Å². The summed E-state index contributed by atoms with van der Waals surface area (Å²) in [6.45, 7) is 1.70. The summed E-state index contributed by atoms with van der Waals surface area (Å²) in [4.78, 5) is 0. The molecule has 0 aromatic heterocycles. The van der Waals surface area contributed by atoms with E-state index in [4.69, 9.17) is 9.47 Å². The fourth-order valence-corrected chi connectivity index (χ4v) is 1.65. The summed E-state index contributed by atoms with van der Waals surface area (Å²) in [5.74, 6) is 0.732. The van der Waals surface area contributed by atoms with E-state index in [-0.39, 0.29) is 0 Å². The van der Waals surface area contributed by atoms with E-state index in [1.54, 1.807) is 14.2 Å². The van der Waals surface area contributed by atoms with E-state index in [1.165, 1.54) is 18.4 Å². The minimum atomic E-state index is 0.732. The third-order valence-electron chi connectivity index (χ3n) is 2.35. The third kappa shape index (κ3) is 2.95. The van der Waals surface area contributed by atoms with Crippen molar-refractivity contribution in [2.24, 2.45) is 5.92 Å². The van der Waals surface area contributed by atoms with Gasteiger partial charge in [0.1, 0.15) is 0 Å². The van der Waals surface area contributed by atoms with Crippen LogP contribution in [0.5, 0.6) is 0 Å². The van der Waals surface area contributed by atoms with Gasteiger partial charge in [-0.1, -0.05) is 6.08 Å². The van der Waals surface area contributed by atoms with Crippen LogP contribution in [0.25, 0.3) is 0 Å². The Hall–Kier alpha value is -0.340. The predicted octanol–water partition coefficient (Wildman–Crippen LogP) is 2.01. The van der Waals surface area contributed by atoms with Crippen molar-refractivity contribution in [3.05, 3.63) is 11.6 Å². The zero-order chi connectivity index (χ0) is 8.81. The maximum atomic E-state index is 5.12. The average molecular weight is 170 g/mol. The molecule has 0 fully saturated rings. The SMILES string of the molecule is COCC1=CCC(COC)CC1. The predicted molar refractivity (Wildman–Crippen MR) is 49.2 cm³/mol. The van der Waals surface area contributed by atoms with E-state index < -0.39 is 0 Å². The van der Waals surface area contributed by atoms with Gasteiger partial charge in [-0.3, -0.25) is 0 Å². The topological polar surface area (TPSA) is 18.5 Å². The smallest absolute Gasteiger partial charge is 0.0672 e. The molecule has 2 heteroatoms. The van der Waals surface area contributed by atoms with Gasteiger partial charge in [0, 0.05) is 20.8 Å². The Morgan fingerprint density at radius 3 is 2.75 bits per heavy atom. The molecule has 0 bridgehead atoms. The van der Waals surface area contributed by atoms with Crippen molar-refractivity contribution in [2.75, 3.05) is 27.4 Å². The highest BCUT2D eigenvalue weighted by molar-refractivity contribution is 5.06. The second-order valence-electron chi connectivity index (χ2n) is 3.39. The highest BCUT2D eigenvalue weighted by atomic mass is 16.5. The Morgan fingerprint density at radius 1 is 1.42 bits per heavy atom. The largest absolute Gasteiger partial charge is 0.384 e. The maximum absolute atomic E-state index is 5.12. The molecule has 0 aromatic carbocycles. The number of hydrogen-bond donors (Lipinski definition) is 0. The fourth-order valence-electron chi connectivity index (χ4n) is 1.65. The van der Waals surface area contributed by atoms with Crippen molar-refractivity contribution in [1.82, 2.24) is 0 Å². The van der Waals surface area contributed by atoms with Crippen LogP contribution in [-0.4, -0.2) is 27.4 Å². The molecule has 0 aromatic rings. The number of ether oxygens (including phenoxy) is 2. The molecule has 0 saturated carbocycles. The van der Waals surface area contributed by atoms with Crippen molar-refractivity contribution < 1.29 is 9.47 Å². The van der Waals surface area contributed by atoms with Gasteiger partial charge in [0.2, 0.25) is 0 Å². The Balaban J connectivity index is 2.26. The Labute approximate surface area is 74.6 Å². The summed E-state index contributed by atoms with van der Waals surface area (Å²) in [6.07, 6.45) is 5.90. The molecule has 0 aliphatic heterocycles. The third-order valence-corrected chi connectivity index (χ3v) is 2.35. The lowest BCUT2D eigenvalue weighted by molar-refractivity contribution is 0.144. The van der Waals surface area contributed by atoms with Gasteiger partial charge in [-0.2, -0.15) is 0 Å². The molecule has 0 radical (unpaired) electrons. The fraction of sp³-hybridized carbons (Fsp3) is 0.800. The first-order valence-electron chi connectivity index (χ1n) is 4.52. The van der Waals surface area contributed by atoms with Crippen LogP contribution in [-0.2, 0) is 9.47 Å². The lowest BCUT2D eigenvalue weighted by Gasteiger charge is -2.20. The molecule has 0 amide bonds. The van der Waals surface area contributed by atoms with Crippen LogP contribution in [0.3, 0.4) is 0 Å². The van der Waals surface area contributed by atoms with Crippen LogP contribution in [0.2, 0.25) is 0 Å². The van der Waals surface area contributed by atoms with E-state index in [1.807, 2.05) is 0 Å². The van der Waals surface area contributed by atoms with Crippen molar-refractivity contribution in [3.63, 3.8) is 0 Å². The molecule has 1 unspecified atom stereocenters. The second-order valence-corrected chi connectivity index (χ2v) is 3.39. The maximum Gasteiger partial charge on any atom is 0.0672 e. The van der Waals surface area contributed by atoms with Crippen LogP contribution in [0.1, 0.15) is 19.3 Å². The summed E-state index contributed by atoms with van der Waals surface area (Å²) in [6, 6.07) is 0. The van der Waals surface area contributed by atoms with Crippen molar-refractivity contribution in [2.45, 2.75) is 19.3 Å². The summed E-state index contributed by atoms with van der Waals surface area (Å²) < 4.78 is 10.2. The van der Waals surface area contributed by atoms with E-state index in [0.29, 0.717) is 0 Å². The van der Waals surface area contributed by atoms with Gasteiger partial charge in [0.25, 0.3) is 0 Å². The molecule has 12 heavy (non-hydrogen) atoms. The first-order chi connectivity index (χ1) is 5.86. The number of allylic oxidation sites excluding steroid dienone is 1. The van der Waals surface area contributed by atoms with Gasteiger partial charge in [-0.25, -0.2) is 0 Å². The van der Waals surface area contributed by atoms with E-state index >= 15 is 0 Å². The molecule has 0 saturated heterocycles. The standard InChI is InChI=1S/C10H18O2/c1-11-7-9-3-5-10(6-4-9)8-12-2/h3,10H,4-8H2,1-2H3. The highest BCUT2D eigenvalue weighted by Gasteiger charge is 2.13. The Morgan fingerprint density at radius 2 is 2.25 bits per heavy atom.